The Kier molecular flexibility index (Phi) is 8.38. The van der Waals surface area contributed by atoms with Crippen molar-refractivity contribution in [3.8, 4) is 0 Å². The molecule has 0 aliphatic heterocycles. The van der Waals surface area contributed by atoms with Gasteiger partial charge in [-0.2, -0.15) is 0 Å². The van der Waals surface area contributed by atoms with E-state index >= 15 is 0 Å². The molecule has 0 aliphatic carbocycles. The summed E-state index contributed by atoms with van der Waals surface area (Å²) in [7, 11) is 1.42. The minimum absolute atomic E-state index is 0.0461. The van der Waals surface area contributed by atoms with Gasteiger partial charge in [0.05, 0.1) is 0 Å². The van der Waals surface area contributed by atoms with Crippen LogP contribution in [0.15, 0.2) is 0 Å². The van der Waals surface area contributed by atoms with Crippen molar-refractivity contribution in [1.82, 2.24) is 0 Å². The van der Waals surface area contributed by atoms with Crippen LogP contribution in [0.5, 0.6) is 0 Å². The summed E-state index contributed by atoms with van der Waals surface area (Å²) in [5.74, 6) is -0.104. The molecule has 0 unspecified atom stereocenters. The molecular weight excluding hydrogens is 257 g/mol. The Bertz CT molecular complexity index is 109. The van der Waals surface area contributed by atoms with E-state index in [1.807, 2.05) is 0 Å². The maximum atomic E-state index is 10.6. The number of hydrogen-bond acceptors (Lipinski definition) is 3. The van der Waals surface area contributed by atoms with Crippen molar-refractivity contribution in [3.05, 3.63) is 0 Å². The number of ether oxygens (including phenoxy) is 1. The van der Waals surface area contributed by atoms with E-state index in [4.69, 9.17) is 3.95 Å². The van der Waals surface area contributed by atoms with E-state index < -0.39 is 0 Å². The third-order valence-electron chi connectivity index (χ3n) is 1.35. The number of halogens is 1. The number of hydrogen-bond donors (Lipinski definition) is 1. The van der Waals surface area contributed by atoms with Crippen molar-refractivity contribution in [2.45, 2.75) is 25.7 Å². The van der Waals surface area contributed by atoms with Gasteiger partial charge in [-0.15, -0.1) is 0 Å². The second-order valence-electron chi connectivity index (χ2n) is 2.23. The Hall–Kier alpha value is 0.160. The fourth-order valence-corrected chi connectivity index (χ4v) is 1.70. The third kappa shape index (κ3) is 8.06. The number of carbonyl (C=O) groups is 1. The third-order valence-corrected chi connectivity index (χ3v) is 2.74. The summed E-state index contributed by atoms with van der Waals surface area (Å²) in [5, 5.41) is 0. The molecule has 0 atom stereocenters. The fourth-order valence-electron chi connectivity index (χ4n) is 0.720. The molecule has 0 fully saturated rings. The number of nitrogens with two attached hydrogens (primary N) is 1. The molecule has 0 rings (SSSR count). The molecular formula is C7H15INO2-. The van der Waals surface area contributed by atoms with Crippen molar-refractivity contribution in [1.29, 1.82) is 0 Å². The molecule has 3 nitrogen and oxygen atoms in total. The van der Waals surface area contributed by atoms with E-state index in [2.05, 4.69) is 4.74 Å². The van der Waals surface area contributed by atoms with Crippen molar-refractivity contribution in [2.24, 2.45) is 3.95 Å². The molecule has 0 radical (unpaired) electrons. The topological polar surface area (TPSA) is 52.3 Å². The van der Waals surface area contributed by atoms with Gasteiger partial charge in [-0.25, -0.2) is 0 Å². The van der Waals surface area contributed by atoms with Gasteiger partial charge in [-0.05, 0) is 0 Å². The summed E-state index contributed by atoms with van der Waals surface area (Å²) < 4.78 is 11.1. The van der Waals surface area contributed by atoms with Gasteiger partial charge in [0.1, 0.15) is 0 Å². The van der Waals surface area contributed by atoms with Gasteiger partial charge in [0.15, 0.2) is 0 Å². The second-order valence-corrected chi connectivity index (χ2v) is 4.19. The van der Waals surface area contributed by atoms with Gasteiger partial charge in [0.25, 0.3) is 0 Å². The zero-order chi connectivity index (χ0) is 8.53. The molecule has 0 aliphatic rings. The molecule has 4 heteroatoms. The zero-order valence-electron chi connectivity index (χ0n) is 6.81. The van der Waals surface area contributed by atoms with Crippen LogP contribution in [-0.4, -0.2) is 17.5 Å². The number of methoxy groups -OCH3 is 1. The number of alkyl halides is 1. The van der Waals surface area contributed by atoms with E-state index in [0.717, 1.165) is 12.8 Å². The number of esters is 1. The molecule has 0 aromatic carbocycles. The van der Waals surface area contributed by atoms with Crippen LogP contribution in [0, 0.1) is 0 Å². The van der Waals surface area contributed by atoms with Crippen LogP contribution in [0.2, 0.25) is 0 Å². The van der Waals surface area contributed by atoms with E-state index in [9.17, 15) is 4.79 Å². The first-order valence-corrected chi connectivity index (χ1v) is 6.43. The van der Waals surface area contributed by atoms with Crippen LogP contribution in [-0.2, 0) is 9.53 Å². The van der Waals surface area contributed by atoms with Crippen LogP contribution in [0.25, 0.3) is 0 Å². The van der Waals surface area contributed by atoms with Crippen LogP contribution < -0.4 is 25.4 Å². The average molecular weight is 272 g/mol. The van der Waals surface area contributed by atoms with E-state index in [0.29, 0.717) is 6.42 Å². The van der Waals surface area contributed by atoms with Crippen LogP contribution in [0.1, 0.15) is 25.7 Å². The van der Waals surface area contributed by atoms with Crippen LogP contribution in [0.4, 0.5) is 0 Å². The van der Waals surface area contributed by atoms with Gasteiger partial charge in [0.2, 0.25) is 0 Å². The maximum absolute atomic E-state index is 10.6. The Morgan fingerprint density at radius 1 is 1.45 bits per heavy atom. The van der Waals surface area contributed by atoms with Crippen LogP contribution in [0.3, 0.4) is 0 Å². The molecule has 0 saturated carbocycles. The Labute approximate surface area is 78.3 Å². The molecule has 2 N–H and O–H groups in total. The van der Waals surface area contributed by atoms with Crippen molar-refractivity contribution >= 4 is 5.97 Å². The van der Waals surface area contributed by atoms with E-state index in [-0.39, 0.29) is 27.4 Å². The molecule has 68 valence electrons. The molecule has 0 aromatic heterocycles. The first kappa shape index (κ1) is 11.2. The van der Waals surface area contributed by atoms with E-state index in [1.54, 1.807) is 0 Å². The fraction of sp³-hybridized carbons (Fsp3) is 0.857. The first-order chi connectivity index (χ1) is 5.31. The van der Waals surface area contributed by atoms with Crippen LogP contribution >= 0.6 is 0 Å². The Morgan fingerprint density at radius 2 is 2.18 bits per heavy atom. The van der Waals surface area contributed by atoms with Crippen molar-refractivity contribution in [3.63, 3.8) is 0 Å². The molecule has 0 amide bonds. The van der Waals surface area contributed by atoms with Gasteiger partial charge >= 0.3 is 78.1 Å². The molecule has 11 heavy (non-hydrogen) atoms. The summed E-state index contributed by atoms with van der Waals surface area (Å²) >= 11 is -0.0461. The molecule has 0 saturated heterocycles. The standard InChI is InChI=1S/C7H15INO2/c1-11-7(10)5-3-2-4-6-8-9/h2-6,9H2,1H3/q-1. The van der Waals surface area contributed by atoms with E-state index in [1.165, 1.54) is 18.0 Å². The molecule has 0 bridgehead atoms. The summed E-state index contributed by atoms with van der Waals surface area (Å²) in [4.78, 5) is 10.6. The first-order valence-electron chi connectivity index (χ1n) is 3.66. The number of carbonyl (C=O) groups excluding carboxylic acids is 1. The van der Waals surface area contributed by atoms with Gasteiger partial charge < -0.3 is 0 Å². The summed E-state index contributed by atoms with van der Waals surface area (Å²) in [5.41, 5.74) is 0. The number of rotatable bonds is 6. The monoisotopic (exact) mass is 272 g/mol. The van der Waals surface area contributed by atoms with Gasteiger partial charge in [-0.1, -0.05) is 0 Å². The predicted molar refractivity (Wildman–Crippen MR) is 39.5 cm³/mol. The normalized spacial score (nSPS) is 10.0. The molecule has 0 aromatic rings. The quantitative estimate of drug-likeness (QED) is 0.194. The second kappa shape index (κ2) is 8.26. The SMILES string of the molecule is COC(=O)CCCCC[I-]N. The summed E-state index contributed by atoms with van der Waals surface area (Å²) in [6.45, 7) is 0. The average Bonchev–Trinajstić information content (AvgIpc) is 2.04. The zero-order valence-corrected chi connectivity index (χ0v) is 8.96. The molecule has 0 heterocycles. The summed E-state index contributed by atoms with van der Waals surface area (Å²) in [6.07, 6.45) is 3.77. The predicted octanol–water partition coefficient (Wildman–Crippen LogP) is -2.32. The van der Waals surface area contributed by atoms with Crippen molar-refractivity contribution in [2.75, 3.05) is 11.5 Å². The summed E-state index contributed by atoms with van der Waals surface area (Å²) in [6, 6.07) is 0. The van der Waals surface area contributed by atoms with Crippen molar-refractivity contribution < 1.29 is 31.0 Å². The number of unbranched alkanes of at least 4 members (excludes halogenated alkanes) is 2. The Balaban J connectivity index is 2.95. The molecule has 0 spiro atoms. The minimum atomic E-state index is -0.104. The Morgan fingerprint density at radius 3 is 2.73 bits per heavy atom. The van der Waals surface area contributed by atoms with Gasteiger partial charge in [-0.3, -0.25) is 0 Å². The van der Waals surface area contributed by atoms with Gasteiger partial charge in [0, 0.05) is 0 Å².